The lowest BCUT2D eigenvalue weighted by molar-refractivity contribution is 0.244. The van der Waals surface area contributed by atoms with Gasteiger partial charge in [-0.15, -0.1) is 0 Å². The van der Waals surface area contributed by atoms with Crippen LogP contribution in [0.2, 0.25) is 0 Å². The van der Waals surface area contributed by atoms with Crippen molar-refractivity contribution in [3.05, 3.63) is 18.2 Å². The van der Waals surface area contributed by atoms with Gasteiger partial charge in [0.15, 0.2) is 11.4 Å². The van der Waals surface area contributed by atoms with Gasteiger partial charge in [-0.2, -0.15) is 0 Å². The number of carbonyl (C=O) groups is 1. The molecule has 1 aromatic carbocycles. The Bertz CT molecular complexity index is 593. The van der Waals surface area contributed by atoms with Crippen LogP contribution < -0.4 is 15.0 Å². The summed E-state index contributed by atoms with van der Waals surface area (Å²) in [5, 5.41) is 7.49. The predicted molar refractivity (Wildman–Crippen MR) is 65.9 cm³/mol. The highest BCUT2D eigenvalue weighted by Gasteiger charge is 2.26. The van der Waals surface area contributed by atoms with E-state index in [2.05, 4.69) is 10.5 Å². The van der Waals surface area contributed by atoms with Crippen LogP contribution in [-0.4, -0.2) is 30.9 Å². The number of nitrogens with one attached hydrogen (secondary N) is 1. The van der Waals surface area contributed by atoms with Crippen LogP contribution in [-0.2, 0) is 0 Å². The molecule has 0 aliphatic carbocycles. The lowest BCUT2D eigenvalue weighted by Gasteiger charge is -2.17. The average Bonchev–Trinajstić information content (AvgIpc) is 2.69. The number of anilines is 1. The molecule has 2 amide bonds. The Labute approximate surface area is 103 Å². The van der Waals surface area contributed by atoms with Crippen LogP contribution >= 0.6 is 0 Å². The number of benzene rings is 1. The van der Waals surface area contributed by atoms with Gasteiger partial charge >= 0.3 is 6.03 Å². The van der Waals surface area contributed by atoms with Crippen LogP contribution in [0.5, 0.6) is 5.75 Å². The van der Waals surface area contributed by atoms with Gasteiger partial charge in [0.1, 0.15) is 17.7 Å². The van der Waals surface area contributed by atoms with Crippen molar-refractivity contribution in [1.29, 1.82) is 0 Å². The first-order valence-corrected chi connectivity index (χ1v) is 5.88. The van der Waals surface area contributed by atoms with Crippen LogP contribution in [0.4, 0.5) is 10.6 Å². The topological polar surface area (TPSA) is 67.6 Å². The van der Waals surface area contributed by atoms with Crippen molar-refractivity contribution < 1.29 is 14.1 Å². The van der Waals surface area contributed by atoms with Crippen LogP contribution in [0.3, 0.4) is 0 Å². The van der Waals surface area contributed by atoms with Crippen LogP contribution in [0, 0.1) is 0 Å². The van der Waals surface area contributed by atoms with Gasteiger partial charge < -0.3 is 14.6 Å². The molecule has 6 heteroatoms. The van der Waals surface area contributed by atoms with E-state index in [1.807, 2.05) is 19.1 Å². The van der Waals surface area contributed by atoms with Gasteiger partial charge in [0, 0.05) is 6.54 Å². The van der Waals surface area contributed by atoms with Gasteiger partial charge in [-0.3, -0.25) is 4.90 Å². The van der Waals surface area contributed by atoms with Crippen LogP contribution in [0.1, 0.15) is 6.92 Å². The molecule has 0 saturated heterocycles. The summed E-state index contributed by atoms with van der Waals surface area (Å²) in [5.41, 5.74) is 0.624. The molecule has 1 aliphatic heterocycles. The third-order valence-corrected chi connectivity index (χ3v) is 2.84. The SMILES string of the molecule is CCNC(=O)N1CCOc2cccc3onc1c23. The quantitative estimate of drug-likeness (QED) is 0.833. The van der Waals surface area contributed by atoms with Crippen LogP contribution in [0.25, 0.3) is 11.0 Å². The van der Waals surface area contributed by atoms with Crippen LogP contribution in [0.15, 0.2) is 22.7 Å². The normalized spacial score (nSPS) is 14.2. The second-order valence-electron chi connectivity index (χ2n) is 3.97. The largest absolute Gasteiger partial charge is 0.491 e. The number of hydrogen-bond acceptors (Lipinski definition) is 4. The minimum Gasteiger partial charge on any atom is -0.491 e. The number of amides is 2. The van der Waals surface area contributed by atoms with Crippen molar-refractivity contribution in [2.24, 2.45) is 0 Å². The third kappa shape index (κ3) is 1.57. The van der Waals surface area contributed by atoms with Crippen molar-refractivity contribution in [2.45, 2.75) is 6.92 Å². The summed E-state index contributed by atoms with van der Waals surface area (Å²) < 4.78 is 10.8. The smallest absolute Gasteiger partial charge is 0.323 e. The minimum atomic E-state index is -0.187. The van der Waals surface area contributed by atoms with E-state index in [0.29, 0.717) is 36.8 Å². The Balaban J connectivity index is 2.12. The molecule has 0 saturated carbocycles. The first-order chi connectivity index (χ1) is 8.81. The van der Waals surface area contributed by atoms with Crippen molar-refractivity contribution in [3.8, 4) is 5.75 Å². The highest BCUT2D eigenvalue weighted by atomic mass is 16.5. The van der Waals surface area contributed by atoms with Gasteiger partial charge in [0.25, 0.3) is 0 Å². The van der Waals surface area contributed by atoms with Crippen molar-refractivity contribution in [2.75, 3.05) is 24.6 Å². The molecule has 1 N–H and O–H groups in total. The van der Waals surface area contributed by atoms with E-state index in [1.54, 1.807) is 11.0 Å². The molecule has 0 spiro atoms. The van der Waals surface area contributed by atoms with Gasteiger partial charge in [0.2, 0.25) is 0 Å². The molecule has 0 atom stereocenters. The van der Waals surface area contributed by atoms with Crippen molar-refractivity contribution >= 4 is 22.8 Å². The fourth-order valence-electron chi connectivity index (χ4n) is 2.05. The van der Waals surface area contributed by atoms with E-state index in [9.17, 15) is 4.79 Å². The zero-order chi connectivity index (χ0) is 12.5. The zero-order valence-corrected chi connectivity index (χ0v) is 9.97. The monoisotopic (exact) mass is 247 g/mol. The molecule has 1 aliphatic rings. The van der Waals surface area contributed by atoms with Crippen molar-refractivity contribution in [3.63, 3.8) is 0 Å². The maximum atomic E-state index is 12.0. The number of urea groups is 1. The molecule has 2 heterocycles. The number of aromatic nitrogens is 1. The molecule has 0 radical (unpaired) electrons. The Morgan fingerprint density at radius 3 is 3.28 bits per heavy atom. The summed E-state index contributed by atoms with van der Waals surface area (Å²) in [4.78, 5) is 13.5. The molecule has 3 rings (SSSR count). The summed E-state index contributed by atoms with van der Waals surface area (Å²) in [6.07, 6.45) is 0. The third-order valence-electron chi connectivity index (χ3n) is 2.84. The molecule has 6 nitrogen and oxygen atoms in total. The number of carbonyl (C=O) groups excluding carboxylic acids is 1. The van der Waals surface area contributed by atoms with E-state index < -0.39 is 0 Å². The predicted octanol–water partition coefficient (Wildman–Crippen LogP) is 1.76. The zero-order valence-electron chi connectivity index (χ0n) is 9.97. The molecule has 2 aromatic rings. The summed E-state index contributed by atoms with van der Waals surface area (Å²) >= 11 is 0. The molecule has 1 aromatic heterocycles. The molecule has 0 fully saturated rings. The fourth-order valence-corrected chi connectivity index (χ4v) is 2.05. The molecule has 0 unspecified atom stereocenters. The maximum Gasteiger partial charge on any atom is 0.323 e. The first kappa shape index (κ1) is 10.9. The first-order valence-electron chi connectivity index (χ1n) is 5.88. The molecular weight excluding hydrogens is 234 g/mol. The van der Waals surface area contributed by atoms with E-state index in [-0.39, 0.29) is 6.03 Å². The highest BCUT2D eigenvalue weighted by Crippen LogP contribution is 2.35. The Morgan fingerprint density at radius 2 is 2.44 bits per heavy atom. The molecule has 94 valence electrons. The number of rotatable bonds is 1. The second kappa shape index (κ2) is 4.21. The Kier molecular flexibility index (Phi) is 2.55. The highest BCUT2D eigenvalue weighted by molar-refractivity contribution is 6.02. The van der Waals surface area contributed by atoms with E-state index in [4.69, 9.17) is 9.26 Å². The summed E-state index contributed by atoms with van der Waals surface area (Å²) in [7, 11) is 0. The standard InChI is InChI=1S/C12H13N3O3/c1-2-13-12(16)15-6-7-17-8-4-3-5-9-10(8)11(15)14-18-9/h3-5H,2,6-7H2,1H3,(H,13,16). The fraction of sp³-hybridized carbons (Fsp3) is 0.333. The molecular formula is C12H13N3O3. The lowest BCUT2D eigenvalue weighted by atomic mass is 10.2. The second-order valence-corrected chi connectivity index (χ2v) is 3.97. The van der Waals surface area contributed by atoms with Gasteiger partial charge in [-0.1, -0.05) is 11.2 Å². The Hall–Kier alpha value is -2.24. The summed E-state index contributed by atoms with van der Waals surface area (Å²) in [5.74, 6) is 1.22. The molecule has 18 heavy (non-hydrogen) atoms. The average molecular weight is 247 g/mol. The number of ether oxygens (including phenoxy) is 1. The Morgan fingerprint density at radius 1 is 1.56 bits per heavy atom. The number of nitrogens with zero attached hydrogens (tertiary/aromatic N) is 2. The lowest BCUT2D eigenvalue weighted by Crippen LogP contribution is -2.41. The van der Waals surface area contributed by atoms with E-state index >= 15 is 0 Å². The van der Waals surface area contributed by atoms with E-state index in [1.165, 1.54) is 0 Å². The van der Waals surface area contributed by atoms with Gasteiger partial charge in [-0.05, 0) is 19.1 Å². The number of hydrogen-bond donors (Lipinski definition) is 1. The van der Waals surface area contributed by atoms with Crippen molar-refractivity contribution in [1.82, 2.24) is 10.5 Å². The maximum absolute atomic E-state index is 12.0. The van der Waals surface area contributed by atoms with E-state index in [0.717, 1.165) is 5.39 Å². The summed E-state index contributed by atoms with van der Waals surface area (Å²) in [6.45, 7) is 3.33. The summed E-state index contributed by atoms with van der Waals surface area (Å²) in [6, 6.07) is 5.31. The minimum absolute atomic E-state index is 0.187. The van der Waals surface area contributed by atoms with Gasteiger partial charge in [0.05, 0.1) is 6.54 Å². The van der Waals surface area contributed by atoms with Gasteiger partial charge in [-0.25, -0.2) is 4.79 Å². The molecule has 0 bridgehead atoms.